The summed E-state index contributed by atoms with van der Waals surface area (Å²) >= 11 is 6.11. The van der Waals surface area contributed by atoms with Crippen molar-refractivity contribution in [2.24, 2.45) is 0 Å². The van der Waals surface area contributed by atoms with Gasteiger partial charge in [0, 0.05) is 43.3 Å². The van der Waals surface area contributed by atoms with E-state index in [0.29, 0.717) is 54.8 Å². The van der Waals surface area contributed by atoms with Crippen LogP contribution in [0.1, 0.15) is 5.56 Å². The summed E-state index contributed by atoms with van der Waals surface area (Å²) in [6, 6.07) is 12.0. The van der Waals surface area contributed by atoms with Gasteiger partial charge >= 0.3 is 0 Å². The monoisotopic (exact) mass is 390 g/mol. The highest BCUT2D eigenvalue weighted by Gasteiger charge is 2.32. The predicted octanol–water partition coefficient (Wildman–Crippen LogP) is 2.96. The summed E-state index contributed by atoms with van der Waals surface area (Å²) < 4.78 is 25.4. The summed E-state index contributed by atoms with van der Waals surface area (Å²) in [6.45, 7) is 3.07. The first kappa shape index (κ1) is 18.1. The van der Waals surface area contributed by atoms with Crippen molar-refractivity contribution in [2.75, 3.05) is 32.8 Å². The fourth-order valence-electron chi connectivity index (χ4n) is 3.38. The molecule has 0 aliphatic carbocycles. The number of fused-ring (bicyclic) bond motifs is 1. The molecule has 0 N–H and O–H groups in total. The number of para-hydroxylation sites is 2. The summed E-state index contributed by atoms with van der Waals surface area (Å²) in [5, 5.41) is 0.430. The summed E-state index contributed by atoms with van der Waals surface area (Å²) in [6.07, 6.45) is -0.632. The van der Waals surface area contributed by atoms with E-state index in [1.54, 1.807) is 23.1 Å². The van der Waals surface area contributed by atoms with Crippen LogP contribution in [0.3, 0.4) is 0 Å². The SMILES string of the molecule is O=C(C1COc2ccccc2O1)N1CCN(Cc2c(F)cccc2Cl)CC1. The average Bonchev–Trinajstić information content (AvgIpc) is 2.70. The molecule has 1 atom stereocenters. The molecule has 2 aromatic carbocycles. The Morgan fingerprint density at radius 2 is 1.81 bits per heavy atom. The summed E-state index contributed by atoms with van der Waals surface area (Å²) in [5.74, 6) is 0.878. The van der Waals surface area contributed by atoms with Crippen LogP contribution in [0.15, 0.2) is 42.5 Å². The molecule has 1 saturated heterocycles. The fourth-order valence-corrected chi connectivity index (χ4v) is 3.60. The van der Waals surface area contributed by atoms with Gasteiger partial charge in [-0.1, -0.05) is 29.8 Å². The number of ether oxygens (including phenoxy) is 2. The molecule has 0 saturated carbocycles. The lowest BCUT2D eigenvalue weighted by molar-refractivity contribution is -0.143. The number of rotatable bonds is 3. The van der Waals surface area contributed by atoms with Gasteiger partial charge in [0.15, 0.2) is 11.5 Å². The van der Waals surface area contributed by atoms with Gasteiger partial charge in [-0.3, -0.25) is 9.69 Å². The van der Waals surface area contributed by atoms with Crippen LogP contribution < -0.4 is 9.47 Å². The van der Waals surface area contributed by atoms with Crippen molar-refractivity contribution in [3.05, 3.63) is 58.9 Å². The van der Waals surface area contributed by atoms with E-state index in [4.69, 9.17) is 21.1 Å². The molecular weight excluding hydrogens is 371 g/mol. The highest BCUT2D eigenvalue weighted by Crippen LogP contribution is 2.31. The molecule has 2 aromatic rings. The van der Waals surface area contributed by atoms with E-state index >= 15 is 0 Å². The minimum atomic E-state index is -0.632. The molecule has 4 rings (SSSR count). The van der Waals surface area contributed by atoms with Crippen molar-refractivity contribution in [2.45, 2.75) is 12.6 Å². The third kappa shape index (κ3) is 3.87. The van der Waals surface area contributed by atoms with E-state index in [0.717, 1.165) is 0 Å². The topological polar surface area (TPSA) is 42.0 Å². The number of nitrogens with zero attached hydrogens (tertiary/aromatic N) is 2. The minimum Gasteiger partial charge on any atom is -0.485 e. The van der Waals surface area contributed by atoms with Gasteiger partial charge in [-0.25, -0.2) is 4.39 Å². The highest BCUT2D eigenvalue weighted by molar-refractivity contribution is 6.31. The second kappa shape index (κ2) is 7.74. The molecule has 0 bridgehead atoms. The normalized spacial score (nSPS) is 19.8. The second-order valence-corrected chi connectivity index (χ2v) is 7.07. The molecule has 5 nitrogen and oxygen atoms in total. The molecule has 2 heterocycles. The maximum atomic E-state index is 14.0. The van der Waals surface area contributed by atoms with E-state index in [1.807, 2.05) is 18.2 Å². The van der Waals surface area contributed by atoms with E-state index in [-0.39, 0.29) is 18.3 Å². The molecule has 0 aromatic heterocycles. The van der Waals surface area contributed by atoms with E-state index in [2.05, 4.69) is 4.90 Å². The molecule has 2 aliphatic heterocycles. The van der Waals surface area contributed by atoms with Gasteiger partial charge in [0.25, 0.3) is 5.91 Å². The number of carbonyl (C=O) groups excluding carboxylic acids is 1. The molecule has 1 fully saturated rings. The van der Waals surface area contributed by atoms with Gasteiger partial charge in [-0.05, 0) is 24.3 Å². The van der Waals surface area contributed by atoms with E-state index < -0.39 is 6.10 Å². The van der Waals surface area contributed by atoms with Crippen LogP contribution in [0.25, 0.3) is 0 Å². The fraction of sp³-hybridized carbons (Fsp3) is 0.350. The van der Waals surface area contributed by atoms with Crippen LogP contribution in [0.2, 0.25) is 5.02 Å². The van der Waals surface area contributed by atoms with Crippen LogP contribution in [0.5, 0.6) is 11.5 Å². The number of carbonyl (C=O) groups is 1. The molecule has 27 heavy (non-hydrogen) atoms. The summed E-state index contributed by atoms with van der Waals surface area (Å²) in [7, 11) is 0. The van der Waals surface area contributed by atoms with Crippen molar-refractivity contribution in [3.8, 4) is 11.5 Å². The van der Waals surface area contributed by atoms with Crippen molar-refractivity contribution in [1.29, 1.82) is 0 Å². The van der Waals surface area contributed by atoms with Crippen LogP contribution >= 0.6 is 11.6 Å². The molecule has 2 aliphatic rings. The van der Waals surface area contributed by atoms with Gasteiger partial charge in [0.2, 0.25) is 6.10 Å². The molecule has 1 amide bonds. The Kier molecular flexibility index (Phi) is 5.18. The van der Waals surface area contributed by atoms with Gasteiger partial charge in [0.1, 0.15) is 12.4 Å². The van der Waals surface area contributed by atoms with Crippen molar-refractivity contribution >= 4 is 17.5 Å². The lowest BCUT2D eigenvalue weighted by atomic mass is 10.1. The Morgan fingerprint density at radius 1 is 1.07 bits per heavy atom. The van der Waals surface area contributed by atoms with E-state index in [9.17, 15) is 9.18 Å². The third-order valence-electron chi connectivity index (χ3n) is 4.91. The zero-order chi connectivity index (χ0) is 18.8. The number of amides is 1. The predicted molar refractivity (Wildman–Crippen MR) is 99.6 cm³/mol. The Labute approximate surface area is 162 Å². The van der Waals surface area contributed by atoms with Gasteiger partial charge < -0.3 is 14.4 Å². The summed E-state index contributed by atoms with van der Waals surface area (Å²) in [4.78, 5) is 16.6. The lowest BCUT2D eigenvalue weighted by Crippen LogP contribution is -2.53. The number of benzene rings is 2. The third-order valence-corrected chi connectivity index (χ3v) is 5.27. The lowest BCUT2D eigenvalue weighted by Gasteiger charge is -2.37. The van der Waals surface area contributed by atoms with Crippen LogP contribution in [0, 0.1) is 5.82 Å². The maximum absolute atomic E-state index is 14.0. The van der Waals surface area contributed by atoms with Crippen molar-refractivity contribution < 1.29 is 18.7 Å². The molecule has 0 radical (unpaired) electrons. The van der Waals surface area contributed by atoms with Crippen molar-refractivity contribution in [3.63, 3.8) is 0 Å². The Balaban J connectivity index is 1.33. The largest absolute Gasteiger partial charge is 0.485 e. The highest BCUT2D eigenvalue weighted by atomic mass is 35.5. The molecule has 7 heteroatoms. The molecule has 142 valence electrons. The number of hydrogen-bond donors (Lipinski definition) is 0. The molecular formula is C20H20ClFN2O3. The smallest absolute Gasteiger partial charge is 0.267 e. The Hall–Kier alpha value is -2.31. The zero-order valence-corrected chi connectivity index (χ0v) is 15.5. The van der Waals surface area contributed by atoms with Crippen molar-refractivity contribution in [1.82, 2.24) is 9.80 Å². The van der Waals surface area contributed by atoms with Crippen LogP contribution in [-0.4, -0.2) is 54.6 Å². The Morgan fingerprint density at radius 3 is 2.56 bits per heavy atom. The first-order valence-electron chi connectivity index (χ1n) is 8.94. The quantitative estimate of drug-likeness (QED) is 0.808. The maximum Gasteiger partial charge on any atom is 0.267 e. The van der Waals surface area contributed by atoms with Gasteiger partial charge in [0.05, 0.1) is 0 Å². The number of hydrogen-bond acceptors (Lipinski definition) is 4. The summed E-state index contributed by atoms with van der Waals surface area (Å²) in [5.41, 5.74) is 0.500. The zero-order valence-electron chi connectivity index (χ0n) is 14.7. The number of piperazine rings is 1. The standard InChI is InChI=1S/C20H20ClFN2O3/c21-15-4-3-5-16(22)14(15)12-23-8-10-24(11-9-23)20(25)19-13-26-17-6-1-2-7-18(17)27-19/h1-7,19H,8-13H2. The average molecular weight is 391 g/mol. The van der Waals surface area contributed by atoms with Gasteiger partial charge in [-0.2, -0.15) is 0 Å². The Bertz CT molecular complexity index is 819. The minimum absolute atomic E-state index is 0.0759. The second-order valence-electron chi connectivity index (χ2n) is 6.67. The first-order chi connectivity index (χ1) is 13.1. The first-order valence-corrected chi connectivity index (χ1v) is 9.32. The van der Waals surface area contributed by atoms with E-state index in [1.165, 1.54) is 6.07 Å². The van der Waals surface area contributed by atoms with Crippen LogP contribution in [-0.2, 0) is 11.3 Å². The molecule has 0 spiro atoms. The van der Waals surface area contributed by atoms with Gasteiger partial charge in [-0.15, -0.1) is 0 Å². The molecule has 1 unspecified atom stereocenters. The van der Waals surface area contributed by atoms with Crippen LogP contribution in [0.4, 0.5) is 4.39 Å². The number of halogens is 2.